The van der Waals surface area contributed by atoms with Crippen molar-refractivity contribution in [1.29, 1.82) is 0 Å². The lowest BCUT2D eigenvalue weighted by atomic mass is 9.42. The molecule has 1 nitrogen and oxygen atoms in total. The highest BCUT2D eigenvalue weighted by molar-refractivity contribution is 5.30. The number of nitrogens with one attached hydrogen (secondary N) is 1. The summed E-state index contributed by atoms with van der Waals surface area (Å²) >= 11 is 0. The van der Waals surface area contributed by atoms with E-state index < -0.39 is 0 Å². The van der Waals surface area contributed by atoms with E-state index in [0.717, 1.165) is 47.5 Å². The molecule has 1 saturated heterocycles. The van der Waals surface area contributed by atoms with Gasteiger partial charge in [0.1, 0.15) is 0 Å². The lowest BCUT2D eigenvalue weighted by molar-refractivity contribution is -0.154. The molecule has 1 heterocycles. The van der Waals surface area contributed by atoms with Gasteiger partial charge < -0.3 is 5.32 Å². The Morgan fingerprint density at radius 1 is 0.244 bits per heavy atom. The van der Waals surface area contributed by atoms with Crippen LogP contribution in [0.5, 0.6) is 0 Å². The van der Waals surface area contributed by atoms with Crippen LogP contribution in [0.1, 0.15) is 70.6 Å². The van der Waals surface area contributed by atoms with E-state index >= 15 is 0 Å². The summed E-state index contributed by atoms with van der Waals surface area (Å²) in [4.78, 5) is 0. The van der Waals surface area contributed by atoms with Crippen molar-refractivity contribution in [3.05, 3.63) is 0 Å². The standard InChI is InChI=1S/C40H53N/c1-2-14-15-3-4-16-18-5-6-19-17-7-8-20-21-9-10-22-13(1)25-12-41-40(22)37(21)34-24-11-23-33(26(14)25)27(15)29(16)38-31(18)32(19)39(30(17)28(20)34)36(24)35(23)38/h13-41H,1-12H2/t13?,14?,15?,16?,17?,18?,19?,20?,21?,22?,23-,24+,25-,26?,27?,28?,29?,30?,31?,32?,33?,34?,35?,36?,37+,38?,39?,40+/m1/s1. The van der Waals surface area contributed by atoms with Crippen LogP contribution in [0.3, 0.4) is 0 Å². The number of fused-ring (bicyclic) bond motifs is 4. The molecule has 0 spiro atoms. The molecule has 15 fully saturated rings. The molecule has 14 aliphatic carbocycles. The van der Waals surface area contributed by atoms with Crippen molar-refractivity contribution >= 4 is 0 Å². The Hall–Kier alpha value is -0.0400. The third kappa shape index (κ3) is 1.90. The molecular formula is C40H53N. The van der Waals surface area contributed by atoms with Crippen molar-refractivity contribution in [3.63, 3.8) is 0 Å². The van der Waals surface area contributed by atoms with E-state index in [1.54, 1.807) is 70.6 Å². The average molecular weight is 548 g/mol. The molecule has 14 saturated carbocycles. The molecule has 12 bridgehead atoms. The number of hydrogen-bond acceptors (Lipinski definition) is 1. The van der Waals surface area contributed by atoms with Crippen LogP contribution in [0.2, 0.25) is 0 Å². The van der Waals surface area contributed by atoms with Crippen LogP contribution in [0.15, 0.2) is 0 Å². The quantitative estimate of drug-likeness (QED) is 0.342. The fourth-order valence-electron chi connectivity index (χ4n) is 23.2. The predicted octanol–water partition coefficient (Wildman–Crippen LogP) is 7.08. The van der Waals surface area contributed by atoms with Gasteiger partial charge in [-0.05, 0) is 237 Å². The Balaban J connectivity index is 1.06. The van der Waals surface area contributed by atoms with E-state index in [9.17, 15) is 0 Å². The minimum atomic E-state index is 0.950. The van der Waals surface area contributed by atoms with Crippen LogP contribution in [-0.4, -0.2) is 12.6 Å². The second-order valence-electron chi connectivity index (χ2n) is 20.8. The molecule has 1 aliphatic heterocycles. The van der Waals surface area contributed by atoms with Crippen molar-refractivity contribution in [2.24, 2.45) is 160 Å². The fraction of sp³-hybridized carbons (Fsp3) is 1.00. The van der Waals surface area contributed by atoms with E-state index in [4.69, 9.17) is 0 Å². The minimum absolute atomic E-state index is 0.950. The molecular weight excluding hydrogens is 494 g/mol. The lowest BCUT2D eigenvalue weighted by Crippen LogP contribution is -2.63. The molecule has 0 radical (unpaired) electrons. The second kappa shape index (κ2) is 6.45. The number of piperidine rings is 1. The molecule has 0 aromatic carbocycles. The third-order valence-electron chi connectivity index (χ3n) is 22.1. The van der Waals surface area contributed by atoms with E-state index in [2.05, 4.69) is 5.32 Å². The van der Waals surface area contributed by atoms with Crippen LogP contribution in [-0.2, 0) is 0 Å². The first-order valence-corrected chi connectivity index (χ1v) is 20.1. The molecule has 0 aromatic heterocycles. The van der Waals surface area contributed by atoms with Gasteiger partial charge in [-0.2, -0.15) is 0 Å². The molecule has 218 valence electrons. The predicted molar refractivity (Wildman–Crippen MR) is 157 cm³/mol. The molecule has 28 atom stereocenters. The first kappa shape index (κ1) is 21.7. The van der Waals surface area contributed by atoms with Gasteiger partial charge in [-0.15, -0.1) is 0 Å². The topological polar surface area (TPSA) is 12.0 Å². The maximum absolute atomic E-state index is 4.62. The van der Waals surface area contributed by atoms with E-state index in [1.807, 2.05) is 0 Å². The first-order valence-electron chi connectivity index (χ1n) is 20.1. The zero-order valence-corrected chi connectivity index (χ0v) is 25.2. The van der Waals surface area contributed by atoms with Crippen molar-refractivity contribution < 1.29 is 0 Å². The summed E-state index contributed by atoms with van der Waals surface area (Å²) in [6.07, 6.45) is 18.7. The summed E-state index contributed by atoms with van der Waals surface area (Å²) in [5.74, 6) is 32.1. The summed E-state index contributed by atoms with van der Waals surface area (Å²) in [7, 11) is 0. The minimum Gasteiger partial charge on any atom is -0.313 e. The summed E-state index contributed by atoms with van der Waals surface area (Å²) in [5, 5.41) is 4.62. The van der Waals surface area contributed by atoms with Crippen LogP contribution in [0.4, 0.5) is 0 Å². The van der Waals surface area contributed by atoms with Gasteiger partial charge in [0.25, 0.3) is 0 Å². The highest BCUT2D eigenvalue weighted by atomic mass is 15.0. The van der Waals surface area contributed by atoms with Gasteiger partial charge in [-0.3, -0.25) is 0 Å². The molecule has 15 aliphatic rings. The van der Waals surface area contributed by atoms with Gasteiger partial charge in [0.15, 0.2) is 0 Å². The second-order valence-corrected chi connectivity index (χ2v) is 20.8. The SMILES string of the molecule is C1CC2C3CCC4C5C3C3C2C2C1C1CCC6C7CCC8C9CCC4[C@H]4C5[C@@H]5C[C@@H]%10C(C6C1C2C%10C35)C7[C@@H]8CN[C@@H]94. The first-order chi connectivity index (χ1) is 20.4. The Bertz CT molecular complexity index is 1190. The number of hydrogen-bond donors (Lipinski definition) is 1. The number of rotatable bonds is 0. The van der Waals surface area contributed by atoms with Crippen molar-refractivity contribution in [2.75, 3.05) is 6.54 Å². The van der Waals surface area contributed by atoms with Gasteiger partial charge in [0.2, 0.25) is 0 Å². The highest BCUT2D eigenvalue weighted by Gasteiger charge is 2.83. The summed E-state index contributed by atoms with van der Waals surface area (Å²) in [5.41, 5.74) is 0. The average Bonchev–Trinajstić information content (AvgIpc) is 3.78. The van der Waals surface area contributed by atoms with Crippen molar-refractivity contribution in [1.82, 2.24) is 5.32 Å². The largest absolute Gasteiger partial charge is 0.313 e. The van der Waals surface area contributed by atoms with E-state index in [1.165, 1.54) is 125 Å². The maximum atomic E-state index is 4.62. The monoisotopic (exact) mass is 547 g/mol. The van der Waals surface area contributed by atoms with E-state index in [-0.39, 0.29) is 0 Å². The lowest BCUT2D eigenvalue weighted by Gasteiger charge is -2.63. The zero-order valence-electron chi connectivity index (χ0n) is 25.2. The maximum Gasteiger partial charge on any atom is 0.0132 e. The van der Waals surface area contributed by atoms with Crippen LogP contribution >= 0.6 is 0 Å². The summed E-state index contributed by atoms with van der Waals surface area (Å²) in [6, 6.07) is 0.950. The Kier molecular flexibility index (Phi) is 3.41. The van der Waals surface area contributed by atoms with Crippen LogP contribution in [0, 0.1) is 160 Å². The molecule has 0 aromatic rings. The van der Waals surface area contributed by atoms with Gasteiger partial charge in [0, 0.05) is 6.04 Å². The normalized spacial score (nSPS) is 81.4. The highest BCUT2D eigenvalue weighted by Crippen LogP contribution is 2.87. The molecule has 1 N–H and O–H groups in total. The summed E-state index contributed by atoms with van der Waals surface area (Å²) in [6.45, 7) is 1.47. The zero-order chi connectivity index (χ0) is 25.4. The van der Waals surface area contributed by atoms with E-state index in [0.29, 0.717) is 0 Å². The van der Waals surface area contributed by atoms with Crippen molar-refractivity contribution in [3.8, 4) is 0 Å². The fourth-order valence-corrected chi connectivity index (χ4v) is 23.2. The van der Waals surface area contributed by atoms with Gasteiger partial charge in [-0.1, -0.05) is 0 Å². The van der Waals surface area contributed by atoms with Gasteiger partial charge in [0.05, 0.1) is 0 Å². The molecule has 0 amide bonds. The third-order valence-corrected chi connectivity index (χ3v) is 22.1. The van der Waals surface area contributed by atoms with Crippen LogP contribution < -0.4 is 5.32 Å². The smallest absolute Gasteiger partial charge is 0.0132 e. The van der Waals surface area contributed by atoms with Crippen molar-refractivity contribution in [2.45, 2.75) is 76.7 Å². The Labute approximate surface area is 247 Å². The molecule has 41 heavy (non-hydrogen) atoms. The summed E-state index contributed by atoms with van der Waals surface area (Å²) < 4.78 is 0. The molecule has 15 rings (SSSR count). The Morgan fingerprint density at radius 2 is 0.585 bits per heavy atom. The molecule has 23 unspecified atom stereocenters. The van der Waals surface area contributed by atoms with Gasteiger partial charge in [-0.25, -0.2) is 0 Å². The van der Waals surface area contributed by atoms with Crippen LogP contribution in [0.25, 0.3) is 0 Å². The van der Waals surface area contributed by atoms with Gasteiger partial charge >= 0.3 is 0 Å². The molecule has 1 heteroatoms. The Morgan fingerprint density at radius 3 is 1.12 bits per heavy atom.